The van der Waals surface area contributed by atoms with Crippen LogP contribution >= 0.6 is 0 Å². The van der Waals surface area contributed by atoms with Gasteiger partial charge in [-0.25, -0.2) is 0 Å². The van der Waals surface area contributed by atoms with E-state index in [4.69, 9.17) is 0 Å². The second kappa shape index (κ2) is 3.13. The molecule has 0 bridgehead atoms. The minimum atomic E-state index is 0.132. The molecule has 2 aliphatic rings. The van der Waals surface area contributed by atoms with Crippen molar-refractivity contribution in [3.05, 3.63) is 35.0 Å². The Bertz CT molecular complexity index is 639. The number of benzene rings is 1. The number of carbonyl (C=O) groups is 1. The highest BCUT2D eigenvalue weighted by Crippen LogP contribution is 2.35. The molecule has 0 saturated heterocycles. The predicted octanol–water partition coefficient (Wildman–Crippen LogP) is 1.76. The maximum absolute atomic E-state index is 11.8. The summed E-state index contributed by atoms with van der Waals surface area (Å²) in [5, 5.41) is 4.34. The molecule has 0 fully saturated rings. The zero-order valence-electron chi connectivity index (χ0n) is 9.62. The molecule has 1 aliphatic heterocycles. The molecule has 2 heterocycles. The van der Waals surface area contributed by atoms with Gasteiger partial charge in [0.15, 0.2) is 0 Å². The van der Waals surface area contributed by atoms with Gasteiger partial charge in [-0.3, -0.25) is 4.79 Å². The van der Waals surface area contributed by atoms with Gasteiger partial charge in [-0.2, -0.15) is 0 Å². The van der Waals surface area contributed by atoms with Crippen LogP contribution in [0.1, 0.15) is 23.2 Å². The summed E-state index contributed by atoms with van der Waals surface area (Å²) in [7, 11) is 0. The minimum Gasteiger partial charge on any atom is -0.350 e. The molecule has 0 spiro atoms. The molecular formula is C14H14N2O. The van der Waals surface area contributed by atoms with Gasteiger partial charge in [-0.15, -0.1) is 0 Å². The van der Waals surface area contributed by atoms with Crippen LogP contribution in [0, 0.1) is 0 Å². The molecule has 1 aliphatic carbocycles. The van der Waals surface area contributed by atoms with Crippen LogP contribution in [0.2, 0.25) is 0 Å². The lowest BCUT2D eigenvalue weighted by molar-refractivity contribution is -0.121. The van der Waals surface area contributed by atoms with Crippen molar-refractivity contribution in [2.45, 2.75) is 32.4 Å². The van der Waals surface area contributed by atoms with Crippen molar-refractivity contribution in [3.8, 4) is 0 Å². The smallest absolute Gasteiger partial charge is 0.240 e. The van der Waals surface area contributed by atoms with Crippen LogP contribution < -0.4 is 5.32 Å². The molecule has 3 heteroatoms. The summed E-state index contributed by atoms with van der Waals surface area (Å²) in [4.78, 5) is 11.8. The lowest BCUT2D eigenvalue weighted by Crippen LogP contribution is -2.24. The van der Waals surface area contributed by atoms with Crippen molar-refractivity contribution in [2.24, 2.45) is 0 Å². The van der Waals surface area contributed by atoms with E-state index < -0.39 is 0 Å². The van der Waals surface area contributed by atoms with E-state index in [0.717, 1.165) is 6.42 Å². The SMILES string of the molecule is O=C1Cn2c3c(c4cccc(c42)CN1)CCC3. The minimum absolute atomic E-state index is 0.132. The number of para-hydroxylation sites is 1. The Labute approximate surface area is 99.4 Å². The third-order valence-electron chi connectivity index (χ3n) is 4.01. The van der Waals surface area contributed by atoms with Crippen LogP contribution in [0.3, 0.4) is 0 Å². The summed E-state index contributed by atoms with van der Waals surface area (Å²) >= 11 is 0. The Morgan fingerprint density at radius 2 is 2.18 bits per heavy atom. The Hall–Kier alpha value is -1.77. The second-order valence-electron chi connectivity index (χ2n) is 4.95. The van der Waals surface area contributed by atoms with Crippen molar-refractivity contribution in [1.29, 1.82) is 0 Å². The fourth-order valence-corrected chi connectivity index (χ4v) is 3.31. The molecule has 0 saturated carbocycles. The highest BCUT2D eigenvalue weighted by Gasteiger charge is 2.25. The topological polar surface area (TPSA) is 34.0 Å². The van der Waals surface area contributed by atoms with Crippen LogP contribution in [0.4, 0.5) is 0 Å². The van der Waals surface area contributed by atoms with Crippen molar-refractivity contribution in [2.75, 3.05) is 0 Å². The number of carbonyl (C=O) groups excluding carboxylic acids is 1. The molecule has 1 N–H and O–H groups in total. The van der Waals surface area contributed by atoms with Crippen molar-refractivity contribution < 1.29 is 4.79 Å². The third kappa shape index (κ3) is 1.14. The summed E-state index contributed by atoms with van der Waals surface area (Å²) in [5.74, 6) is 0.132. The Morgan fingerprint density at radius 3 is 3.12 bits per heavy atom. The zero-order valence-corrected chi connectivity index (χ0v) is 9.62. The molecule has 3 nitrogen and oxygen atoms in total. The molecule has 4 rings (SSSR count). The number of fused-ring (bicyclic) bond motifs is 3. The fourth-order valence-electron chi connectivity index (χ4n) is 3.31. The second-order valence-corrected chi connectivity index (χ2v) is 4.95. The quantitative estimate of drug-likeness (QED) is 0.729. The van der Waals surface area contributed by atoms with Crippen LogP contribution in [0.25, 0.3) is 10.9 Å². The van der Waals surface area contributed by atoms with Crippen molar-refractivity contribution >= 4 is 16.8 Å². The van der Waals surface area contributed by atoms with E-state index in [1.54, 1.807) is 0 Å². The van der Waals surface area contributed by atoms with Crippen LogP contribution in [0.15, 0.2) is 18.2 Å². The molecule has 17 heavy (non-hydrogen) atoms. The standard InChI is InChI=1S/C14H14N2O/c17-13-8-16-12-6-2-4-10(12)11-5-1-3-9(7-15-13)14(11)16/h1,3,5H,2,4,6-8H2,(H,15,17). The lowest BCUT2D eigenvalue weighted by atomic mass is 10.1. The number of hydrogen-bond acceptors (Lipinski definition) is 1. The van der Waals surface area contributed by atoms with E-state index in [9.17, 15) is 4.79 Å². The first kappa shape index (κ1) is 9.28. The van der Waals surface area contributed by atoms with Gasteiger partial charge < -0.3 is 9.88 Å². The summed E-state index contributed by atoms with van der Waals surface area (Å²) < 4.78 is 2.25. The molecule has 1 aromatic heterocycles. The molecule has 0 atom stereocenters. The number of aryl methyl sites for hydroxylation is 1. The molecule has 1 aromatic carbocycles. The van der Waals surface area contributed by atoms with E-state index in [0.29, 0.717) is 13.1 Å². The summed E-state index contributed by atoms with van der Waals surface area (Å²) in [6.07, 6.45) is 3.52. The van der Waals surface area contributed by atoms with Gasteiger partial charge >= 0.3 is 0 Å². The maximum atomic E-state index is 11.8. The number of hydrogen-bond donors (Lipinski definition) is 1. The highest BCUT2D eigenvalue weighted by molar-refractivity contribution is 5.91. The third-order valence-corrected chi connectivity index (χ3v) is 4.01. The monoisotopic (exact) mass is 226 g/mol. The van der Waals surface area contributed by atoms with E-state index in [-0.39, 0.29) is 5.91 Å². The Balaban J connectivity index is 2.14. The number of nitrogens with zero attached hydrogens (tertiary/aromatic N) is 1. The molecular weight excluding hydrogens is 212 g/mol. The maximum Gasteiger partial charge on any atom is 0.240 e. The molecule has 2 aromatic rings. The van der Waals surface area contributed by atoms with Gasteiger partial charge in [0.1, 0.15) is 6.54 Å². The number of aromatic nitrogens is 1. The summed E-state index contributed by atoms with van der Waals surface area (Å²) in [6, 6.07) is 6.44. The summed E-state index contributed by atoms with van der Waals surface area (Å²) in [6.45, 7) is 1.15. The summed E-state index contributed by atoms with van der Waals surface area (Å²) in [5.41, 5.74) is 5.42. The first-order chi connectivity index (χ1) is 8.34. The molecule has 0 radical (unpaired) electrons. The first-order valence-corrected chi connectivity index (χ1v) is 6.23. The van der Waals surface area contributed by atoms with Crippen molar-refractivity contribution in [3.63, 3.8) is 0 Å². The first-order valence-electron chi connectivity index (χ1n) is 6.23. The van der Waals surface area contributed by atoms with Gasteiger partial charge in [0.25, 0.3) is 0 Å². The fraction of sp³-hybridized carbons (Fsp3) is 0.357. The van der Waals surface area contributed by atoms with Gasteiger partial charge in [0.05, 0.1) is 5.52 Å². The number of nitrogens with one attached hydrogen (secondary N) is 1. The van der Waals surface area contributed by atoms with E-state index in [1.165, 1.54) is 40.6 Å². The lowest BCUT2D eigenvalue weighted by Gasteiger charge is -2.06. The number of amides is 1. The van der Waals surface area contributed by atoms with Crippen LogP contribution in [-0.2, 0) is 30.7 Å². The normalized spacial score (nSPS) is 18.0. The largest absolute Gasteiger partial charge is 0.350 e. The Kier molecular flexibility index (Phi) is 1.71. The van der Waals surface area contributed by atoms with Crippen LogP contribution in [-0.4, -0.2) is 10.5 Å². The average molecular weight is 226 g/mol. The highest BCUT2D eigenvalue weighted by atomic mass is 16.1. The van der Waals surface area contributed by atoms with Gasteiger partial charge in [0, 0.05) is 17.6 Å². The average Bonchev–Trinajstić information content (AvgIpc) is 2.85. The zero-order chi connectivity index (χ0) is 11.4. The number of rotatable bonds is 0. The van der Waals surface area contributed by atoms with Gasteiger partial charge in [-0.1, -0.05) is 18.2 Å². The molecule has 0 unspecified atom stereocenters. The Morgan fingerprint density at radius 1 is 1.24 bits per heavy atom. The van der Waals surface area contributed by atoms with Crippen LogP contribution in [0.5, 0.6) is 0 Å². The van der Waals surface area contributed by atoms with Gasteiger partial charge in [0.2, 0.25) is 5.91 Å². The van der Waals surface area contributed by atoms with E-state index in [1.807, 2.05) is 0 Å². The molecule has 86 valence electrons. The predicted molar refractivity (Wildman–Crippen MR) is 65.8 cm³/mol. The van der Waals surface area contributed by atoms with E-state index >= 15 is 0 Å². The van der Waals surface area contributed by atoms with E-state index in [2.05, 4.69) is 28.1 Å². The molecule has 1 amide bonds. The van der Waals surface area contributed by atoms with Gasteiger partial charge in [-0.05, 0) is 30.4 Å². The van der Waals surface area contributed by atoms with Crippen molar-refractivity contribution in [1.82, 2.24) is 9.88 Å².